The molecule has 0 saturated carbocycles. The minimum Gasteiger partial charge on any atom is -0.404 e. The van der Waals surface area contributed by atoms with Crippen molar-refractivity contribution in [3.05, 3.63) is 23.8 Å². The minimum atomic E-state index is -4.77. The third-order valence-electron chi connectivity index (χ3n) is 2.00. The van der Waals surface area contributed by atoms with E-state index in [2.05, 4.69) is 16.6 Å². The number of carbonyl (C=O) groups excluding carboxylic acids is 1. The molecule has 20 heavy (non-hydrogen) atoms. The van der Waals surface area contributed by atoms with Gasteiger partial charge in [0.05, 0.1) is 5.69 Å². The van der Waals surface area contributed by atoms with Crippen LogP contribution in [0.4, 0.5) is 18.9 Å². The van der Waals surface area contributed by atoms with Crippen molar-refractivity contribution in [3.8, 4) is 17.6 Å². The van der Waals surface area contributed by atoms with E-state index in [1.54, 1.807) is 0 Å². The van der Waals surface area contributed by atoms with Gasteiger partial charge in [-0.2, -0.15) is 0 Å². The summed E-state index contributed by atoms with van der Waals surface area (Å²) in [5.74, 6) is 5.70. The number of thioether (sulfide) groups is 1. The molecule has 0 aliphatic rings. The zero-order valence-electron chi connectivity index (χ0n) is 10.6. The number of alkyl halides is 3. The van der Waals surface area contributed by atoms with Crippen molar-refractivity contribution in [2.24, 2.45) is 0 Å². The molecule has 1 aromatic carbocycles. The topological polar surface area (TPSA) is 52.3 Å². The summed E-state index contributed by atoms with van der Waals surface area (Å²) >= 11 is 1.17. The average Bonchev–Trinajstić information content (AvgIpc) is 2.30. The number of ether oxygens (including phenoxy) is 1. The molecule has 0 atom stereocenters. The van der Waals surface area contributed by atoms with Crippen LogP contribution in [0.2, 0.25) is 0 Å². The molecule has 0 aliphatic carbocycles. The molecule has 1 rings (SSSR count). The lowest BCUT2D eigenvalue weighted by atomic mass is 10.2. The highest BCUT2D eigenvalue weighted by Gasteiger charge is 2.31. The van der Waals surface area contributed by atoms with Crippen LogP contribution in [0, 0.1) is 11.8 Å². The van der Waals surface area contributed by atoms with Gasteiger partial charge in [-0.05, 0) is 18.2 Å². The number of nitrogens with two attached hydrogens (primary N) is 1. The number of halogens is 3. The smallest absolute Gasteiger partial charge is 0.404 e. The van der Waals surface area contributed by atoms with Crippen LogP contribution in [0.25, 0.3) is 0 Å². The number of hydrogen-bond donors (Lipinski definition) is 1. The maximum atomic E-state index is 12.0. The normalized spacial score (nSPS) is 10.6. The molecule has 0 unspecified atom stereocenters. The lowest BCUT2D eigenvalue weighted by molar-refractivity contribution is -0.274. The summed E-state index contributed by atoms with van der Waals surface area (Å²) in [6, 6.07) is 3.83. The van der Waals surface area contributed by atoms with Crippen molar-refractivity contribution in [1.29, 1.82) is 0 Å². The highest BCUT2D eigenvalue weighted by molar-refractivity contribution is 8.13. The van der Waals surface area contributed by atoms with Gasteiger partial charge in [-0.25, -0.2) is 0 Å². The predicted octanol–water partition coefficient (Wildman–Crippen LogP) is 3.19. The number of rotatable bonds is 3. The number of anilines is 1. The molecule has 0 saturated heterocycles. The lowest BCUT2D eigenvalue weighted by Crippen LogP contribution is -2.18. The van der Waals surface area contributed by atoms with E-state index in [0.717, 1.165) is 6.07 Å². The SMILES string of the molecule is CC(=O)SCCC#Cc1ccc(OC(F)(F)F)c(N)c1. The molecule has 0 radical (unpaired) electrons. The molecular weight excluding hydrogens is 291 g/mol. The van der Waals surface area contributed by atoms with Gasteiger partial charge in [0.1, 0.15) is 0 Å². The van der Waals surface area contributed by atoms with Crippen molar-refractivity contribution in [2.75, 3.05) is 11.5 Å². The van der Waals surface area contributed by atoms with E-state index in [1.807, 2.05) is 0 Å². The molecule has 2 N–H and O–H groups in total. The van der Waals surface area contributed by atoms with Crippen LogP contribution in [0.3, 0.4) is 0 Å². The number of nitrogen functional groups attached to an aromatic ring is 1. The van der Waals surface area contributed by atoms with Crippen molar-refractivity contribution < 1.29 is 22.7 Å². The fraction of sp³-hybridized carbons (Fsp3) is 0.308. The largest absolute Gasteiger partial charge is 0.573 e. The van der Waals surface area contributed by atoms with Crippen LogP contribution < -0.4 is 10.5 Å². The molecule has 3 nitrogen and oxygen atoms in total. The monoisotopic (exact) mass is 303 g/mol. The Labute approximate surface area is 118 Å². The summed E-state index contributed by atoms with van der Waals surface area (Å²) in [6.07, 6.45) is -4.27. The first-order valence-electron chi connectivity index (χ1n) is 5.55. The Kier molecular flexibility index (Phi) is 5.77. The Balaban J connectivity index is 2.64. The third kappa shape index (κ3) is 6.38. The molecule has 7 heteroatoms. The van der Waals surface area contributed by atoms with Gasteiger partial charge in [-0.3, -0.25) is 4.79 Å². The van der Waals surface area contributed by atoms with Crippen molar-refractivity contribution in [3.63, 3.8) is 0 Å². The van der Waals surface area contributed by atoms with Gasteiger partial charge >= 0.3 is 6.36 Å². The predicted molar refractivity (Wildman–Crippen MR) is 72.2 cm³/mol. The molecule has 0 aliphatic heterocycles. The fourth-order valence-corrected chi connectivity index (χ4v) is 1.75. The van der Waals surface area contributed by atoms with Crippen molar-refractivity contribution >= 4 is 22.6 Å². The Morgan fingerprint density at radius 2 is 2.15 bits per heavy atom. The maximum absolute atomic E-state index is 12.0. The van der Waals surface area contributed by atoms with E-state index in [9.17, 15) is 18.0 Å². The summed E-state index contributed by atoms with van der Waals surface area (Å²) < 4.78 is 39.9. The van der Waals surface area contributed by atoms with Crippen LogP contribution in [-0.4, -0.2) is 17.2 Å². The van der Waals surface area contributed by atoms with Crippen molar-refractivity contribution in [1.82, 2.24) is 0 Å². The second kappa shape index (κ2) is 7.10. The fourth-order valence-electron chi connectivity index (χ4n) is 1.25. The van der Waals surface area contributed by atoms with Crippen LogP contribution >= 0.6 is 11.8 Å². The molecule has 0 aromatic heterocycles. The summed E-state index contributed by atoms with van der Waals surface area (Å²) in [5, 5.41) is 0.0182. The molecule has 0 amide bonds. The standard InChI is InChI=1S/C13H12F3NO2S/c1-9(18)20-7-3-2-4-10-5-6-12(11(17)8-10)19-13(14,15)16/h5-6,8H,3,7,17H2,1H3. The summed E-state index contributed by atoms with van der Waals surface area (Å²) in [7, 11) is 0. The highest BCUT2D eigenvalue weighted by atomic mass is 32.2. The Morgan fingerprint density at radius 1 is 1.45 bits per heavy atom. The highest BCUT2D eigenvalue weighted by Crippen LogP contribution is 2.28. The van der Waals surface area contributed by atoms with Gasteiger partial charge in [-0.1, -0.05) is 23.6 Å². The van der Waals surface area contributed by atoms with Gasteiger partial charge in [0.2, 0.25) is 0 Å². The zero-order valence-corrected chi connectivity index (χ0v) is 11.4. The number of carbonyl (C=O) groups is 1. The Morgan fingerprint density at radius 3 is 2.70 bits per heavy atom. The van der Waals surface area contributed by atoms with Gasteiger partial charge in [0.25, 0.3) is 0 Å². The first-order chi connectivity index (χ1) is 9.28. The number of hydrogen-bond acceptors (Lipinski definition) is 4. The van der Waals surface area contributed by atoms with Gasteiger partial charge in [0, 0.05) is 24.7 Å². The van der Waals surface area contributed by atoms with E-state index in [-0.39, 0.29) is 10.8 Å². The Bertz CT molecular complexity index is 547. The summed E-state index contributed by atoms with van der Waals surface area (Å²) in [5.41, 5.74) is 5.82. The molecule has 108 valence electrons. The first-order valence-corrected chi connectivity index (χ1v) is 6.54. The van der Waals surface area contributed by atoms with Gasteiger partial charge < -0.3 is 10.5 Å². The lowest BCUT2D eigenvalue weighted by Gasteiger charge is -2.10. The molecule has 0 bridgehead atoms. The maximum Gasteiger partial charge on any atom is 0.573 e. The Hall–Kier alpha value is -1.81. The summed E-state index contributed by atoms with van der Waals surface area (Å²) in [4.78, 5) is 10.7. The molecular formula is C13H12F3NO2S. The van der Waals surface area contributed by atoms with Crippen LogP contribution in [0.15, 0.2) is 18.2 Å². The molecule has 0 fully saturated rings. The zero-order chi connectivity index (χ0) is 15.2. The van der Waals surface area contributed by atoms with Gasteiger partial charge in [0.15, 0.2) is 10.9 Å². The number of benzene rings is 1. The van der Waals surface area contributed by atoms with E-state index >= 15 is 0 Å². The van der Waals surface area contributed by atoms with Gasteiger partial charge in [-0.15, -0.1) is 13.2 Å². The average molecular weight is 303 g/mol. The first kappa shape index (κ1) is 16.2. The molecule has 0 heterocycles. The van der Waals surface area contributed by atoms with Crippen molar-refractivity contribution in [2.45, 2.75) is 19.7 Å². The second-order valence-corrected chi connectivity index (χ2v) is 4.96. The quantitative estimate of drug-likeness (QED) is 0.529. The van der Waals surface area contributed by atoms with Crippen LogP contribution in [-0.2, 0) is 4.79 Å². The van der Waals surface area contributed by atoms with E-state index in [1.165, 1.54) is 30.8 Å². The minimum absolute atomic E-state index is 0.0182. The van der Waals surface area contributed by atoms with E-state index < -0.39 is 12.1 Å². The second-order valence-electron chi connectivity index (χ2n) is 3.69. The third-order valence-corrected chi connectivity index (χ3v) is 2.82. The van der Waals surface area contributed by atoms with E-state index in [0.29, 0.717) is 17.7 Å². The summed E-state index contributed by atoms with van der Waals surface area (Å²) in [6.45, 7) is 1.47. The molecule has 1 aromatic rings. The van der Waals surface area contributed by atoms with E-state index in [4.69, 9.17) is 5.73 Å². The van der Waals surface area contributed by atoms with Crippen LogP contribution in [0.1, 0.15) is 18.9 Å². The van der Waals surface area contributed by atoms with Crippen LogP contribution in [0.5, 0.6) is 5.75 Å². The molecule has 0 spiro atoms.